The van der Waals surface area contributed by atoms with Gasteiger partial charge >= 0.3 is 0 Å². The predicted molar refractivity (Wildman–Crippen MR) is 33.2 cm³/mol. The Morgan fingerprint density at radius 3 is 2.67 bits per heavy atom. The Balaban J connectivity index is 1.96. The van der Waals surface area contributed by atoms with E-state index in [1.54, 1.807) is 0 Å². The van der Waals surface area contributed by atoms with Crippen LogP contribution in [0.5, 0.6) is 0 Å². The average Bonchev–Trinajstić information content (AvgIpc) is 2.49. The number of rotatable bonds is 0. The molecule has 1 heterocycles. The first-order chi connectivity index (χ1) is 4.31. The van der Waals surface area contributed by atoms with Gasteiger partial charge in [-0.25, -0.2) is 0 Å². The van der Waals surface area contributed by atoms with Crippen molar-refractivity contribution >= 4 is 0 Å². The zero-order chi connectivity index (χ0) is 6.32. The van der Waals surface area contributed by atoms with Gasteiger partial charge in [0, 0.05) is 13.0 Å². The summed E-state index contributed by atoms with van der Waals surface area (Å²) >= 11 is 0. The van der Waals surface area contributed by atoms with E-state index in [0.717, 1.165) is 19.4 Å². The van der Waals surface area contributed by atoms with E-state index < -0.39 is 0 Å². The Hall–Kier alpha value is -0.0800. The number of aliphatic hydroxyl groups excluding tert-OH is 1. The average molecular weight is 128 g/mol. The molecule has 0 aromatic heterocycles. The van der Waals surface area contributed by atoms with E-state index in [2.05, 4.69) is 0 Å². The van der Waals surface area contributed by atoms with E-state index in [0.29, 0.717) is 0 Å². The fourth-order valence-electron chi connectivity index (χ4n) is 1.49. The van der Waals surface area contributed by atoms with Crippen LogP contribution in [0.2, 0.25) is 0 Å². The van der Waals surface area contributed by atoms with Crippen LogP contribution < -0.4 is 0 Å². The van der Waals surface area contributed by atoms with Crippen LogP contribution in [0.25, 0.3) is 0 Å². The van der Waals surface area contributed by atoms with Gasteiger partial charge in [-0.05, 0) is 19.3 Å². The van der Waals surface area contributed by atoms with Crippen LogP contribution >= 0.6 is 0 Å². The van der Waals surface area contributed by atoms with Crippen molar-refractivity contribution in [3.05, 3.63) is 0 Å². The molecular formula is C7H12O2. The monoisotopic (exact) mass is 128 g/mol. The fourth-order valence-corrected chi connectivity index (χ4v) is 1.49. The first-order valence-corrected chi connectivity index (χ1v) is 3.63. The van der Waals surface area contributed by atoms with Crippen LogP contribution in [-0.2, 0) is 4.74 Å². The number of hydrogen-bond acceptors (Lipinski definition) is 2. The molecule has 0 aromatic rings. The SMILES string of the molecule is OC1CCOC2(CC2)C1. The molecule has 1 atom stereocenters. The molecule has 9 heavy (non-hydrogen) atoms. The van der Waals surface area contributed by atoms with E-state index in [1.165, 1.54) is 12.8 Å². The van der Waals surface area contributed by atoms with E-state index in [-0.39, 0.29) is 11.7 Å². The van der Waals surface area contributed by atoms with Crippen LogP contribution in [0, 0.1) is 0 Å². The molecule has 52 valence electrons. The molecule has 0 amide bonds. The predicted octanol–water partition coefficient (Wildman–Crippen LogP) is 0.690. The number of aliphatic hydroxyl groups is 1. The molecule has 1 saturated carbocycles. The summed E-state index contributed by atoms with van der Waals surface area (Å²) in [5.74, 6) is 0. The van der Waals surface area contributed by atoms with Gasteiger partial charge in [0.15, 0.2) is 0 Å². The van der Waals surface area contributed by atoms with Crippen molar-refractivity contribution < 1.29 is 9.84 Å². The maximum Gasteiger partial charge on any atom is 0.0709 e. The van der Waals surface area contributed by atoms with Crippen molar-refractivity contribution in [2.45, 2.75) is 37.4 Å². The Labute approximate surface area is 54.8 Å². The number of hydrogen-bond donors (Lipinski definition) is 1. The van der Waals surface area contributed by atoms with Gasteiger partial charge in [-0.1, -0.05) is 0 Å². The van der Waals surface area contributed by atoms with E-state index in [4.69, 9.17) is 4.74 Å². The highest BCUT2D eigenvalue weighted by atomic mass is 16.5. The summed E-state index contributed by atoms with van der Waals surface area (Å²) in [5.41, 5.74) is 0.150. The van der Waals surface area contributed by atoms with Crippen LogP contribution in [-0.4, -0.2) is 23.4 Å². The molecule has 2 aliphatic rings. The van der Waals surface area contributed by atoms with E-state index in [9.17, 15) is 5.11 Å². The van der Waals surface area contributed by atoms with E-state index >= 15 is 0 Å². The summed E-state index contributed by atoms with van der Waals surface area (Å²) in [6.07, 6.45) is 3.98. The van der Waals surface area contributed by atoms with Gasteiger partial charge in [-0.15, -0.1) is 0 Å². The maximum atomic E-state index is 9.20. The first kappa shape index (κ1) is 5.69. The van der Waals surface area contributed by atoms with Crippen LogP contribution in [0.4, 0.5) is 0 Å². The lowest BCUT2D eigenvalue weighted by atomic mass is 10.1. The zero-order valence-corrected chi connectivity index (χ0v) is 5.47. The second kappa shape index (κ2) is 1.70. The molecule has 1 spiro atoms. The van der Waals surface area contributed by atoms with Gasteiger partial charge in [-0.2, -0.15) is 0 Å². The Bertz CT molecular complexity index is 118. The van der Waals surface area contributed by atoms with Crippen LogP contribution in [0.3, 0.4) is 0 Å². The largest absolute Gasteiger partial charge is 0.393 e. The summed E-state index contributed by atoms with van der Waals surface area (Å²) < 4.78 is 5.49. The van der Waals surface area contributed by atoms with Crippen molar-refractivity contribution in [3.8, 4) is 0 Å². The number of ether oxygens (including phenoxy) is 1. The highest BCUT2D eigenvalue weighted by molar-refractivity contribution is 4.99. The quantitative estimate of drug-likeness (QED) is 0.520. The van der Waals surface area contributed by atoms with Gasteiger partial charge < -0.3 is 9.84 Å². The third-order valence-corrected chi connectivity index (χ3v) is 2.27. The third-order valence-electron chi connectivity index (χ3n) is 2.27. The molecule has 1 aliphatic heterocycles. The van der Waals surface area contributed by atoms with Crippen molar-refractivity contribution in [1.29, 1.82) is 0 Å². The highest BCUT2D eigenvalue weighted by Crippen LogP contribution is 2.46. The summed E-state index contributed by atoms with van der Waals surface area (Å²) in [6, 6.07) is 0. The molecule has 0 aromatic carbocycles. The van der Waals surface area contributed by atoms with Crippen molar-refractivity contribution in [1.82, 2.24) is 0 Å². The maximum absolute atomic E-state index is 9.20. The van der Waals surface area contributed by atoms with Crippen molar-refractivity contribution in [2.75, 3.05) is 6.61 Å². The van der Waals surface area contributed by atoms with Crippen LogP contribution in [0.1, 0.15) is 25.7 Å². The van der Waals surface area contributed by atoms with E-state index in [1.807, 2.05) is 0 Å². The Kier molecular flexibility index (Phi) is 1.08. The lowest BCUT2D eigenvalue weighted by Crippen LogP contribution is -2.30. The smallest absolute Gasteiger partial charge is 0.0709 e. The molecule has 1 N–H and O–H groups in total. The summed E-state index contributed by atoms with van der Waals surface area (Å²) in [7, 11) is 0. The first-order valence-electron chi connectivity index (χ1n) is 3.63. The van der Waals surface area contributed by atoms with Gasteiger partial charge in [0.2, 0.25) is 0 Å². The Morgan fingerprint density at radius 2 is 2.22 bits per heavy atom. The highest BCUT2D eigenvalue weighted by Gasteiger charge is 2.47. The molecule has 2 rings (SSSR count). The Morgan fingerprint density at radius 1 is 1.44 bits per heavy atom. The van der Waals surface area contributed by atoms with Crippen molar-refractivity contribution in [2.24, 2.45) is 0 Å². The molecule has 2 nitrogen and oxygen atoms in total. The minimum absolute atomic E-state index is 0.0822. The molecule has 0 bridgehead atoms. The third kappa shape index (κ3) is 0.970. The summed E-state index contributed by atoms with van der Waals surface area (Å²) in [6.45, 7) is 0.765. The second-order valence-electron chi connectivity index (χ2n) is 3.18. The molecule has 1 unspecified atom stereocenters. The molecule has 2 heteroatoms. The summed E-state index contributed by atoms with van der Waals surface area (Å²) in [5, 5.41) is 9.20. The molecular weight excluding hydrogens is 116 g/mol. The van der Waals surface area contributed by atoms with Gasteiger partial charge in [0.1, 0.15) is 0 Å². The molecule has 1 aliphatic carbocycles. The van der Waals surface area contributed by atoms with Crippen molar-refractivity contribution in [3.63, 3.8) is 0 Å². The minimum Gasteiger partial charge on any atom is -0.393 e. The normalized spacial score (nSPS) is 39.0. The van der Waals surface area contributed by atoms with Gasteiger partial charge in [0.05, 0.1) is 11.7 Å². The second-order valence-corrected chi connectivity index (χ2v) is 3.18. The molecule has 0 radical (unpaired) electrons. The fraction of sp³-hybridized carbons (Fsp3) is 1.00. The lowest BCUT2D eigenvalue weighted by Gasteiger charge is -2.25. The van der Waals surface area contributed by atoms with Gasteiger partial charge in [-0.3, -0.25) is 0 Å². The lowest BCUT2D eigenvalue weighted by molar-refractivity contribution is -0.0590. The van der Waals surface area contributed by atoms with Crippen LogP contribution in [0.15, 0.2) is 0 Å². The summed E-state index contributed by atoms with van der Waals surface area (Å²) in [4.78, 5) is 0. The standard InChI is InChI=1S/C7H12O2/c8-6-1-4-9-7(5-6)2-3-7/h6,8H,1-5H2. The van der Waals surface area contributed by atoms with Gasteiger partial charge in [0.25, 0.3) is 0 Å². The zero-order valence-electron chi connectivity index (χ0n) is 5.47. The minimum atomic E-state index is -0.0822. The topological polar surface area (TPSA) is 29.5 Å². The molecule has 2 fully saturated rings. The molecule has 1 saturated heterocycles.